The third-order valence-electron chi connectivity index (χ3n) is 4.13. The van der Waals surface area contributed by atoms with Crippen LogP contribution in [0.5, 0.6) is 0 Å². The van der Waals surface area contributed by atoms with E-state index in [2.05, 4.69) is 4.98 Å². The highest BCUT2D eigenvalue weighted by molar-refractivity contribution is 5.66. The van der Waals surface area contributed by atoms with Gasteiger partial charge in [-0.2, -0.15) is 13.2 Å². The number of hydrogen-bond donors (Lipinski definition) is 0. The number of hydrogen-bond acceptors (Lipinski definition) is 4. The third kappa shape index (κ3) is 3.04. The minimum atomic E-state index is -4.61. The summed E-state index contributed by atoms with van der Waals surface area (Å²) in [4.78, 5) is 16.4. The molecule has 2 aromatic rings. The van der Waals surface area contributed by atoms with Gasteiger partial charge in [0.15, 0.2) is 0 Å². The highest BCUT2D eigenvalue weighted by atomic mass is 19.4. The Hall–Kier alpha value is -2.64. The maximum Gasteiger partial charge on any atom is 0.416 e. The van der Waals surface area contributed by atoms with Crippen LogP contribution in [0.3, 0.4) is 0 Å². The Balaban J connectivity index is 2.03. The summed E-state index contributed by atoms with van der Waals surface area (Å²) >= 11 is 0. The average Bonchev–Trinajstić information content (AvgIpc) is 3.03. The number of anilines is 1. The number of nitro benzene ring substituents is 1. The van der Waals surface area contributed by atoms with Crippen molar-refractivity contribution in [1.82, 2.24) is 4.98 Å². The van der Waals surface area contributed by atoms with Crippen molar-refractivity contribution in [2.75, 3.05) is 11.4 Å². The van der Waals surface area contributed by atoms with Crippen molar-refractivity contribution in [2.45, 2.75) is 25.1 Å². The lowest BCUT2D eigenvalue weighted by molar-refractivity contribution is -0.384. The number of nitro groups is 1. The molecule has 1 aliphatic heterocycles. The van der Waals surface area contributed by atoms with Crippen LogP contribution in [-0.2, 0) is 6.18 Å². The highest BCUT2D eigenvalue weighted by Gasteiger charge is 2.36. The van der Waals surface area contributed by atoms with Gasteiger partial charge in [-0.1, -0.05) is 6.07 Å². The summed E-state index contributed by atoms with van der Waals surface area (Å²) in [5, 5.41) is 11.3. The number of benzene rings is 1. The fourth-order valence-corrected chi connectivity index (χ4v) is 3.06. The standard InChI is InChI=1S/C16H14F3N3O2/c17-16(18,19)12-5-6-14(15(9-12)22(23)24)21-8-2-4-13(21)11-3-1-7-20-10-11/h1,3,5-7,9-10,13H,2,4,8H2. The normalized spacial score (nSPS) is 18.0. The molecule has 1 fully saturated rings. The van der Waals surface area contributed by atoms with E-state index in [1.54, 1.807) is 23.4 Å². The zero-order valence-corrected chi connectivity index (χ0v) is 12.5. The number of pyridine rings is 1. The second-order valence-electron chi connectivity index (χ2n) is 5.60. The molecule has 126 valence electrons. The topological polar surface area (TPSA) is 59.3 Å². The van der Waals surface area contributed by atoms with Crippen LogP contribution in [-0.4, -0.2) is 16.5 Å². The molecule has 1 saturated heterocycles. The van der Waals surface area contributed by atoms with E-state index in [0.29, 0.717) is 12.6 Å². The summed E-state index contributed by atoms with van der Waals surface area (Å²) < 4.78 is 38.5. The van der Waals surface area contributed by atoms with Gasteiger partial charge in [0.2, 0.25) is 0 Å². The molecule has 1 aromatic heterocycles. The van der Waals surface area contributed by atoms with Gasteiger partial charge < -0.3 is 4.90 Å². The molecule has 1 aromatic carbocycles. The second kappa shape index (κ2) is 6.10. The van der Waals surface area contributed by atoms with Crippen LogP contribution in [0.15, 0.2) is 42.7 Å². The zero-order valence-electron chi connectivity index (χ0n) is 12.5. The first-order chi connectivity index (χ1) is 11.4. The molecule has 1 aliphatic rings. The summed E-state index contributed by atoms with van der Waals surface area (Å²) in [6.45, 7) is 0.547. The maximum absolute atomic E-state index is 12.8. The largest absolute Gasteiger partial charge is 0.416 e. The van der Waals surface area contributed by atoms with Crippen molar-refractivity contribution in [3.05, 3.63) is 64.0 Å². The van der Waals surface area contributed by atoms with Crippen LogP contribution in [0.2, 0.25) is 0 Å². The number of halogens is 3. The Labute approximate surface area is 135 Å². The lowest BCUT2D eigenvalue weighted by Gasteiger charge is -2.27. The van der Waals surface area contributed by atoms with E-state index in [1.807, 2.05) is 6.07 Å². The van der Waals surface area contributed by atoms with Crippen molar-refractivity contribution < 1.29 is 18.1 Å². The molecule has 24 heavy (non-hydrogen) atoms. The number of rotatable bonds is 3. The predicted molar refractivity (Wildman–Crippen MR) is 81.7 cm³/mol. The Bertz CT molecular complexity index is 750. The van der Waals surface area contributed by atoms with Crippen molar-refractivity contribution in [1.29, 1.82) is 0 Å². The first-order valence-corrected chi connectivity index (χ1v) is 7.40. The van der Waals surface area contributed by atoms with Crippen LogP contribution in [0.4, 0.5) is 24.5 Å². The summed E-state index contributed by atoms with van der Waals surface area (Å²) in [7, 11) is 0. The molecule has 1 atom stereocenters. The lowest BCUT2D eigenvalue weighted by atomic mass is 10.1. The molecule has 1 unspecified atom stereocenters. The van der Waals surface area contributed by atoms with Gasteiger partial charge in [-0.05, 0) is 36.6 Å². The maximum atomic E-state index is 12.8. The quantitative estimate of drug-likeness (QED) is 0.617. The van der Waals surface area contributed by atoms with Gasteiger partial charge >= 0.3 is 6.18 Å². The first kappa shape index (κ1) is 16.2. The van der Waals surface area contributed by atoms with Crippen molar-refractivity contribution in [3.8, 4) is 0 Å². The SMILES string of the molecule is O=[N+]([O-])c1cc(C(F)(F)F)ccc1N1CCCC1c1cccnc1. The van der Waals surface area contributed by atoms with Crippen LogP contribution >= 0.6 is 0 Å². The van der Waals surface area contributed by atoms with E-state index >= 15 is 0 Å². The Morgan fingerprint density at radius 1 is 1.29 bits per heavy atom. The van der Waals surface area contributed by atoms with Gasteiger partial charge in [-0.3, -0.25) is 15.1 Å². The van der Waals surface area contributed by atoms with Gasteiger partial charge in [0.05, 0.1) is 16.5 Å². The van der Waals surface area contributed by atoms with Gasteiger partial charge in [0.25, 0.3) is 5.69 Å². The average molecular weight is 337 g/mol. The third-order valence-corrected chi connectivity index (χ3v) is 4.13. The van der Waals surface area contributed by atoms with Crippen molar-refractivity contribution in [2.24, 2.45) is 0 Å². The Morgan fingerprint density at radius 2 is 2.08 bits per heavy atom. The van der Waals surface area contributed by atoms with E-state index in [1.165, 1.54) is 6.07 Å². The first-order valence-electron chi connectivity index (χ1n) is 7.40. The molecule has 0 saturated carbocycles. The Kier molecular flexibility index (Phi) is 4.13. The van der Waals surface area contributed by atoms with E-state index in [-0.39, 0.29) is 11.7 Å². The van der Waals surface area contributed by atoms with E-state index in [0.717, 1.165) is 24.5 Å². The second-order valence-corrected chi connectivity index (χ2v) is 5.60. The minimum Gasteiger partial charge on any atom is -0.359 e. The summed E-state index contributed by atoms with van der Waals surface area (Å²) in [5.41, 5.74) is -0.445. The van der Waals surface area contributed by atoms with Crippen LogP contribution in [0.25, 0.3) is 0 Å². The summed E-state index contributed by atoms with van der Waals surface area (Å²) in [5.74, 6) is 0. The molecule has 8 heteroatoms. The van der Waals surface area contributed by atoms with E-state index < -0.39 is 22.4 Å². The number of nitrogens with zero attached hydrogens (tertiary/aromatic N) is 3. The minimum absolute atomic E-state index is 0.130. The molecule has 0 spiro atoms. The molecule has 5 nitrogen and oxygen atoms in total. The monoisotopic (exact) mass is 337 g/mol. The lowest BCUT2D eigenvalue weighted by Crippen LogP contribution is -2.23. The molecule has 0 amide bonds. The molecular weight excluding hydrogens is 323 g/mol. The molecule has 3 rings (SSSR count). The van der Waals surface area contributed by atoms with Crippen LogP contribution in [0, 0.1) is 10.1 Å². The number of aromatic nitrogens is 1. The Morgan fingerprint density at radius 3 is 2.71 bits per heavy atom. The summed E-state index contributed by atoms with van der Waals surface area (Å²) in [6, 6.07) is 6.19. The number of alkyl halides is 3. The molecular formula is C16H14F3N3O2. The molecule has 0 N–H and O–H groups in total. The predicted octanol–water partition coefficient (Wildman–Crippen LogP) is 4.35. The fraction of sp³-hybridized carbons (Fsp3) is 0.312. The van der Waals surface area contributed by atoms with Gasteiger partial charge in [0, 0.05) is 25.0 Å². The van der Waals surface area contributed by atoms with Gasteiger partial charge in [-0.25, -0.2) is 0 Å². The van der Waals surface area contributed by atoms with Crippen molar-refractivity contribution >= 4 is 11.4 Å². The van der Waals surface area contributed by atoms with E-state index in [9.17, 15) is 23.3 Å². The highest BCUT2D eigenvalue weighted by Crippen LogP contribution is 2.42. The van der Waals surface area contributed by atoms with Gasteiger partial charge in [-0.15, -0.1) is 0 Å². The summed E-state index contributed by atoms with van der Waals surface area (Å²) in [6.07, 6.45) is 0.265. The van der Waals surface area contributed by atoms with Gasteiger partial charge in [0.1, 0.15) is 5.69 Å². The molecule has 2 heterocycles. The van der Waals surface area contributed by atoms with Crippen molar-refractivity contribution in [3.63, 3.8) is 0 Å². The zero-order chi connectivity index (χ0) is 17.3. The fourth-order valence-electron chi connectivity index (χ4n) is 3.06. The molecule has 0 bridgehead atoms. The van der Waals surface area contributed by atoms with E-state index in [4.69, 9.17) is 0 Å². The smallest absolute Gasteiger partial charge is 0.359 e. The van der Waals surface area contributed by atoms with Crippen LogP contribution in [0.1, 0.15) is 30.0 Å². The molecule has 0 aliphatic carbocycles. The molecule has 0 radical (unpaired) electrons. The van der Waals surface area contributed by atoms with Crippen LogP contribution < -0.4 is 4.90 Å².